The maximum atomic E-state index is 5.91. The standard InChI is InChI=1S/C17H21N3O2/c1-12-4-6-13(7-5-12)11-19-17(18)20-14-8-9-15(21-2)16(10-14)22-3/h4-10H,11H2,1-3H3,(H3,18,19,20). The van der Waals surface area contributed by atoms with Gasteiger partial charge in [-0.1, -0.05) is 29.8 Å². The molecule has 0 bridgehead atoms. The minimum absolute atomic E-state index is 0.354. The topological polar surface area (TPSA) is 68.9 Å². The van der Waals surface area contributed by atoms with Gasteiger partial charge in [-0.2, -0.15) is 0 Å². The second kappa shape index (κ2) is 7.36. The van der Waals surface area contributed by atoms with Crippen LogP contribution in [0.15, 0.2) is 47.5 Å². The molecule has 5 heteroatoms. The highest BCUT2D eigenvalue weighted by molar-refractivity contribution is 5.92. The molecule has 0 heterocycles. The van der Waals surface area contributed by atoms with Crippen LogP contribution in [0, 0.1) is 6.92 Å². The Labute approximate surface area is 130 Å². The minimum Gasteiger partial charge on any atom is -0.493 e. The summed E-state index contributed by atoms with van der Waals surface area (Å²) in [5, 5.41) is 3.04. The first-order valence-corrected chi connectivity index (χ1v) is 6.97. The Morgan fingerprint density at radius 3 is 2.36 bits per heavy atom. The van der Waals surface area contributed by atoms with Gasteiger partial charge in [0.25, 0.3) is 0 Å². The van der Waals surface area contributed by atoms with Crippen molar-refractivity contribution in [3.8, 4) is 11.5 Å². The van der Waals surface area contributed by atoms with Gasteiger partial charge in [-0.3, -0.25) is 0 Å². The third-order valence-electron chi connectivity index (χ3n) is 3.21. The maximum absolute atomic E-state index is 5.91. The molecule has 22 heavy (non-hydrogen) atoms. The number of nitrogens with one attached hydrogen (secondary N) is 1. The van der Waals surface area contributed by atoms with Gasteiger partial charge < -0.3 is 20.5 Å². The average molecular weight is 299 g/mol. The Morgan fingerprint density at radius 1 is 1.05 bits per heavy atom. The van der Waals surface area contributed by atoms with Crippen molar-refractivity contribution in [1.29, 1.82) is 0 Å². The molecule has 0 radical (unpaired) electrons. The lowest BCUT2D eigenvalue weighted by Crippen LogP contribution is -2.22. The summed E-state index contributed by atoms with van der Waals surface area (Å²) in [6, 6.07) is 13.7. The van der Waals surface area contributed by atoms with E-state index in [2.05, 4.69) is 29.4 Å². The molecule has 0 saturated heterocycles. The summed E-state index contributed by atoms with van der Waals surface area (Å²) in [7, 11) is 3.19. The molecule has 116 valence electrons. The largest absolute Gasteiger partial charge is 0.493 e. The molecule has 0 amide bonds. The van der Waals surface area contributed by atoms with Crippen LogP contribution in [0.1, 0.15) is 11.1 Å². The molecule has 0 saturated carbocycles. The number of hydrogen-bond donors (Lipinski definition) is 2. The molecule has 5 nitrogen and oxygen atoms in total. The van der Waals surface area contributed by atoms with Gasteiger partial charge in [0.05, 0.1) is 20.8 Å². The Kier molecular flexibility index (Phi) is 5.25. The average Bonchev–Trinajstić information content (AvgIpc) is 2.54. The summed E-state index contributed by atoms with van der Waals surface area (Å²) < 4.78 is 10.5. The van der Waals surface area contributed by atoms with Crippen molar-refractivity contribution in [2.45, 2.75) is 13.5 Å². The van der Waals surface area contributed by atoms with E-state index in [1.54, 1.807) is 14.2 Å². The highest BCUT2D eigenvalue weighted by atomic mass is 16.5. The highest BCUT2D eigenvalue weighted by Gasteiger charge is 2.05. The van der Waals surface area contributed by atoms with Gasteiger partial charge in [0.15, 0.2) is 17.5 Å². The fourth-order valence-corrected chi connectivity index (χ4v) is 1.97. The van der Waals surface area contributed by atoms with E-state index >= 15 is 0 Å². The van der Waals surface area contributed by atoms with Crippen LogP contribution in [0.4, 0.5) is 5.69 Å². The summed E-state index contributed by atoms with van der Waals surface area (Å²) in [6.07, 6.45) is 0. The van der Waals surface area contributed by atoms with E-state index in [1.807, 2.05) is 30.3 Å². The number of aliphatic imine (C=N–C) groups is 1. The molecule has 0 spiro atoms. The van der Waals surface area contributed by atoms with Gasteiger partial charge in [0.1, 0.15) is 0 Å². The van der Waals surface area contributed by atoms with Crippen LogP contribution in [0.3, 0.4) is 0 Å². The van der Waals surface area contributed by atoms with Crippen molar-refractivity contribution in [3.63, 3.8) is 0 Å². The van der Waals surface area contributed by atoms with E-state index in [-0.39, 0.29) is 0 Å². The van der Waals surface area contributed by atoms with E-state index in [1.165, 1.54) is 5.56 Å². The van der Waals surface area contributed by atoms with Gasteiger partial charge in [0.2, 0.25) is 0 Å². The Balaban J connectivity index is 2.03. The molecule has 0 fully saturated rings. The third kappa shape index (κ3) is 4.15. The van der Waals surface area contributed by atoms with Crippen LogP contribution < -0.4 is 20.5 Å². The first-order chi connectivity index (χ1) is 10.6. The molecule has 0 aliphatic carbocycles. The second-order valence-electron chi connectivity index (χ2n) is 4.88. The number of hydrogen-bond acceptors (Lipinski definition) is 3. The van der Waals surface area contributed by atoms with E-state index < -0.39 is 0 Å². The molecule has 0 aromatic heterocycles. The van der Waals surface area contributed by atoms with Gasteiger partial charge in [-0.25, -0.2) is 4.99 Å². The van der Waals surface area contributed by atoms with Gasteiger partial charge in [-0.15, -0.1) is 0 Å². The molecule has 2 aromatic rings. The predicted molar refractivity (Wildman–Crippen MR) is 89.7 cm³/mol. The lowest BCUT2D eigenvalue weighted by molar-refractivity contribution is 0.355. The molecule has 0 atom stereocenters. The fraction of sp³-hybridized carbons (Fsp3) is 0.235. The fourth-order valence-electron chi connectivity index (χ4n) is 1.97. The highest BCUT2D eigenvalue weighted by Crippen LogP contribution is 2.29. The predicted octanol–water partition coefficient (Wildman–Crippen LogP) is 2.94. The number of ether oxygens (including phenoxy) is 2. The number of nitrogens with two attached hydrogens (primary N) is 1. The van der Waals surface area contributed by atoms with Crippen LogP contribution in [0.2, 0.25) is 0 Å². The molecule has 0 aliphatic heterocycles. The van der Waals surface area contributed by atoms with Crippen LogP contribution in [0.5, 0.6) is 11.5 Å². The number of methoxy groups -OCH3 is 2. The summed E-state index contributed by atoms with van der Waals surface area (Å²) in [5.41, 5.74) is 9.05. The smallest absolute Gasteiger partial charge is 0.193 e. The van der Waals surface area contributed by atoms with E-state index in [9.17, 15) is 0 Å². The van der Waals surface area contributed by atoms with Crippen molar-refractivity contribution in [2.75, 3.05) is 19.5 Å². The third-order valence-corrected chi connectivity index (χ3v) is 3.21. The number of aryl methyl sites for hydroxylation is 1. The first kappa shape index (κ1) is 15.7. The van der Waals surface area contributed by atoms with Gasteiger partial charge in [0, 0.05) is 11.8 Å². The zero-order chi connectivity index (χ0) is 15.9. The zero-order valence-corrected chi connectivity index (χ0v) is 13.1. The van der Waals surface area contributed by atoms with Crippen molar-refractivity contribution in [3.05, 3.63) is 53.6 Å². The van der Waals surface area contributed by atoms with Crippen molar-refractivity contribution in [2.24, 2.45) is 10.7 Å². The Hall–Kier alpha value is -2.69. The van der Waals surface area contributed by atoms with Crippen LogP contribution in [-0.4, -0.2) is 20.2 Å². The van der Waals surface area contributed by atoms with Crippen LogP contribution in [-0.2, 0) is 6.54 Å². The summed E-state index contributed by atoms with van der Waals surface area (Å²) in [5.74, 6) is 1.66. The Bertz CT molecular complexity index is 651. The summed E-state index contributed by atoms with van der Waals surface area (Å²) in [4.78, 5) is 4.33. The summed E-state index contributed by atoms with van der Waals surface area (Å²) >= 11 is 0. The monoisotopic (exact) mass is 299 g/mol. The molecular formula is C17H21N3O2. The van der Waals surface area contributed by atoms with Crippen LogP contribution >= 0.6 is 0 Å². The number of rotatable bonds is 5. The number of nitrogens with zero attached hydrogens (tertiary/aromatic N) is 1. The first-order valence-electron chi connectivity index (χ1n) is 6.97. The van der Waals surface area contributed by atoms with Crippen LogP contribution in [0.25, 0.3) is 0 Å². The minimum atomic E-state index is 0.354. The van der Waals surface area contributed by atoms with Gasteiger partial charge in [-0.05, 0) is 24.6 Å². The quantitative estimate of drug-likeness (QED) is 0.658. The van der Waals surface area contributed by atoms with E-state index in [0.717, 1.165) is 11.3 Å². The van der Waals surface area contributed by atoms with Crippen molar-refractivity contribution in [1.82, 2.24) is 0 Å². The van der Waals surface area contributed by atoms with E-state index in [4.69, 9.17) is 15.2 Å². The summed E-state index contributed by atoms with van der Waals surface area (Å²) in [6.45, 7) is 2.59. The SMILES string of the molecule is COc1ccc(NC(N)=NCc2ccc(C)cc2)cc1OC. The Morgan fingerprint density at radius 2 is 1.73 bits per heavy atom. The van der Waals surface area contributed by atoms with Gasteiger partial charge >= 0.3 is 0 Å². The lowest BCUT2D eigenvalue weighted by Gasteiger charge is -2.11. The normalized spacial score (nSPS) is 11.1. The lowest BCUT2D eigenvalue weighted by atomic mass is 10.1. The molecule has 2 aromatic carbocycles. The molecule has 3 N–H and O–H groups in total. The molecule has 2 rings (SSSR count). The zero-order valence-electron chi connectivity index (χ0n) is 13.1. The molecule has 0 unspecified atom stereocenters. The van der Waals surface area contributed by atoms with E-state index in [0.29, 0.717) is 24.0 Å². The number of benzene rings is 2. The number of anilines is 1. The van der Waals surface area contributed by atoms with Crippen molar-refractivity contribution >= 4 is 11.6 Å². The molecule has 0 aliphatic rings. The molecular weight excluding hydrogens is 278 g/mol. The van der Waals surface area contributed by atoms with Crippen molar-refractivity contribution < 1.29 is 9.47 Å². The second-order valence-corrected chi connectivity index (χ2v) is 4.88. The number of guanidine groups is 1. The maximum Gasteiger partial charge on any atom is 0.193 e.